The van der Waals surface area contributed by atoms with E-state index < -0.39 is 5.82 Å². The van der Waals surface area contributed by atoms with Crippen LogP contribution in [0.5, 0.6) is 0 Å². The molecule has 1 rings (SSSR count). The summed E-state index contributed by atoms with van der Waals surface area (Å²) in [4.78, 5) is 7.47. The van der Waals surface area contributed by atoms with Gasteiger partial charge in [-0.05, 0) is 13.3 Å². The van der Waals surface area contributed by atoms with Crippen LogP contribution in [0.3, 0.4) is 0 Å². The minimum Gasteiger partial charge on any atom is -0.354 e. The van der Waals surface area contributed by atoms with Crippen LogP contribution in [0, 0.1) is 5.82 Å². The Kier molecular flexibility index (Phi) is 3.89. The second-order valence-corrected chi connectivity index (χ2v) is 3.47. The molecular formula is C8H11ClFN3. The van der Waals surface area contributed by atoms with Gasteiger partial charge in [0.15, 0.2) is 5.82 Å². The Hall–Kier alpha value is -0.900. The van der Waals surface area contributed by atoms with Gasteiger partial charge in [-0.1, -0.05) is 0 Å². The van der Waals surface area contributed by atoms with Crippen LogP contribution in [0.2, 0.25) is 0 Å². The number of hydrogen-bond acceptors (Lipinski definition) is 3. The highest BCUT2D eigenvalue weighted by Gasteiger charge is 1.98. The van der Waals surface area contributed by atoms with Crippen molar-refractivity contribution < 1.29 is 4.39 Å². The molecule has 1 atom stereocenters. The third kappa shape index (κ3) is 4.03. The van der Waals surface area contributed by atoms with Crippen molar-refractivity contribution in [3.8, 4) is 0 Å². The Morgan fingerprint density at radius 3 is 2.69 bits per heavy atom. The van der Waals surface area contributed by atoms with Gasteiger partial charge in [0.1, 0.15) is 0 Å². The van der Waals surface area contributed by atoms with Gasteiger partial charge in [-0.15, -0.1) is 11.6 Å². The molecule has 1 unspecified atom stereocenters. The highest BCUT2D eigenvalue weighted by molar-refractivity contribution is 6.20. The number of hydrogen-bond donors (Lipinski definition) is 1. The molecular weight excluding hydrogens is 193 g/mol. The van der Waals surface area contributed by atoms with E-state index in [9.17, 15) is 4.39 Å². The van der Waals surface area contributed by atoms with Crippen molar-refractivity contribution in [2.24, 2.45) is 0 Å². The number of nitrogens with one attached hydrogen (secondary N) is 1. The number of anilines is 1. The van der Waals surface area contributed by atoms with Crippen LogP contribution < -0.4 is 5.32 Å². The first-order valence-electron chi connectivity index (χ1n) is 4.04. The molecule has 1 N–H and O–H groups in total. The van der Waals surface area contributed by atoms with Crippen LogP contribution in [-0.2, 0) is 0 Å². The van der Waals surface area contributed by atoms with Gasteiger partial charge < -0.3 is 5.32 Å². The van der Waals surface area contributed by atoms with E-state index in [2.05, 4.69) is 15.3 Å². The molecule has 72 valence electrons. The van der Waals surface area contributed by atoms with E-state index in [-0.39, 0.29) is 5.38 Å². The van der Waals surface area contributed by atoms with Crippen LogP contribution in [0.25, 0.3) is 0 Å². The first kappa shape index (κ1) is 10.2. The number of aromatic nitrogens is 2. The minimum atomic E-state index is -0.434. The van der Waals surface area contributed by atoms with E-state index in [0.29, 0.717) is 12.5 Å². The fourth-order valence-corrected chi connectivity index (χ4v) is 0.896. The maximum atomic E-state index is 12.4. The molecule has 1 heterocycles. The van der Waals surface area contributed by atoms with Gasteiger partial charge in [-0.25, -0.2) is 14.4 Å². The molecule has 3 nitrogen and oxygen atoms in total. The van der Waals surface area contributed by atoms with E-state index in [1.807, 2.05) is 6.92 Å². The Morgan fingerprint density at radius 1 is 1.54 bits per heavy atom. The lowest BCUT2D eigenvalue weighted by Crippen LogP contribution is -2.08. The van der Waals surface area contributed by atoms with Gasteiger partial charge in [-0.3, -0.25) is 0 Å². The summed E-state index contributed by atoms with van der Waals surface area (Å²) < 4.78 is 12.4. The summed E-state index contributed by atoms with van der Waals surface area (Å²) in [7, 11) is 0. The van der Waals surface area contributed by atoms with Crippen LogP contribution in [0.4, 0.5) is 10.3 Å². The van der Waals surface area contributed by atoms with E-state index >= 15 is 0 Å². The van der Waals surface area contributed by atoms with Crippen LogP contribution in [-0.4, -0.2) is 21.9 Å². The number of alkyl halides is 1. The summed E-state index contributed by atoms with van der Waals surface area (Å²) in [6, 6.07) is 0. The zero-order valence-electron chi connectivity index (χ0n) is 7.30. The summed E-state index contributed by atoms with van der Waals surface area (Å²) in [5.41, 5.74) is 0. The number of nitrogens with zero attached hydrogens (tertiary/aromatic N) is 2. The van der Waals surface area contributed by atoms with Crippen molar-refractivity contribution in [2.45, 2.75) is 18.7 Å². The van der Waals surface area contributed by atoms with Crippen molar-refractivity contribution in [3.05, 3.63) is 18.2 Å². The zero-order chi connectivity index (χ0) is 9.68. The zero-order valence-corrected chi connectivity index (χ0v) is 8.05. The summed E-state index contributed by atoms with van der Waals surface area (Å²) >= 11 is 5.73. The highest BCUT2D eigenvalue weighted by Crippen LogP contribution is 2.02. The lowest BCUT2D eigenvalue weighted by Gasteiger charge is -2.04. The van der Waals surface area contributed by atoms with Crippen molar-refractivity contribution >= 4 is 17.5 Å². The van der Waals surface area contributed by atoms with Crippen molar-refractivity contribution in [2.75, 3.05) is 11.9 Å². The Morgan fingerprint density at radius 2 is 2.15 bits per heavy atom. The highest BCUT2D eigenvalue weighted by atomic mass is 35.5. The monoisotopic (exact) mass is 203 g/mol. The predicted octanol–water partition coefficient (Wildman–Crippen LogP) is 2.04. The Labute approximate surface area is 81.3 Å². The van der Waals surface area contributed by atoms with E-state index in [1.165, 1.54) is 0 Å². The molecule has 0 aromatic carbocycles. The average molecular weight is 204 g/mol. The second kappa shape index (κ2) is 4.97. The van der Waals surface area contributed by atoms with Gasteiger partial charge >= 0.3 is 0 Å². The van der Waals surface area contributed by atoms with Crippen molar-refractivity contribution in [1.29, 1.82) is 0 Å². The SMILES string of the molecule is CC(Cl)CCNc1ncc(F)cn1. The fraction of sp³-hybridized carbons (Fsp3) is 0.500. The normalized spacial score (nSPS) is 12.5. The molecule has 1 aromatic rings. The van der Waals surface area contributed by atoms with Crippen molar-refractivity contribution in [1.82, 2.24) is 9.97 Å². The maximum Gasteiger partial charge on any atom is 0.222 e. The van der Waals surface area contributed by atoms with E-state index in [4.69, 9.17) is 11.6 Å². The minimum absolute atomic E-state index is 0.118. The topological polar surface area (TPSA) is 37.8 Å². The molecule has 0 aliphatic heterocycles. The smallest absolute Gasteiger partial charge is 0.222 e. The molecule has 5 heteroatoms. The maximum absolute atomic E-state index is 12.4. The third-order valence-electron chi connectivity index (χ3n) is 1.45. The molecule has 0 aliphatic carbocycles. The summed E-state index contributed by atoms with van der Waals surface area (Å²) in [6.45, 7) is 2.60. The number of halogens is 2. The number of rotatable bonds is 4. The molecule has 0 saturated heterocycles. The first-order valence-corrected chi connectivity index (χ1v) is 4.47. The standard InChI is InChI=1S/C8H11ClFN3/c1-6(9)2-3-11-8-12-4-7(10)5-13-8/h4-6H,2-3H2,1H3,(H,11,12,13). The molecule has 0 radical (unpaired) electrons. The molecule has 0 fully saturated rings. The van der Waals surface area contributed by atoms with Gasteiger partial charge in [-0.2, -0.15) is 0 Å². The quantitative estimate of drug-likeness (QED) is 0.762. The summed E-state index contributed by atoms with van der Waals surface area (Å²) in [5, 5.41) is 3.05. The van der Waals surface area contributed by atoms with E-state index in [1.54, 1.807) is 0 Å². The molecule has 0 amide bonds. The molecule has 1 aromatic heterocycles. The molecule has 0 saturated carbocycles. The second-order valence-electron chi connectivity index (χ2n) is 2.72. The summed E-state index contributed by atoms with van der Waals surface area (Å²) in [5.74, 6) is -0.00465. The van der Waals surface area contributed by atoms with Crippen molar-refractivity contribution in [3.63, 3.8) is 0 Å². The first-order chi connectivity index (χ1) is 6.18. The molecule has 0 spiro atoms. The largest absolute Gasteiger partial charge is 0.354 e. The van der Waals surface area contributed by atoms with Gasteiger partial charge in [0.05, 0.1) is 12.4 Å². The van der Waals surface area contributed by atoms with Gasteiger partial charge in [0, 0.05) is 11.9 Å². The molecule has 0 aliphatic rings. The molecule has 0 bridgehead atoms. The predicted molar refractivity (Wildman–Crippen MR) is 50.4 cm³/mol. The van der Waals surface area contributed by atoms with Gasteiger partial charge in [0.25, 0.3) is 0 Å². The van der Waals surface area contributed by atoms with Crippen LogP contribution in [0.1, 0.15) is 13.3 Å². The molecule has 13 heavy (non-hydrogen) atoms. The lowest BCUT2D eigenvalue weighted by atomic mass is 10.3. The van der Waals surface area contributed by atoms with Gasteiger partial charge in [0.2, 0.25) is 5.95 Å². The fourth-order valence-electron chi connectivity index (χ4n) is 0.786. The lowest BCUT2D eigenvalue weighted by molar-refractivity contribution is 0.614. The average Bonchev–Trinajstić information content (AvgIpc) is 2.08. The Balaban J connectivity index is 2.33. The Bertz CT molecular complexity index is 250. The van der Waals surface area contributed by atoms with Crippen LogP contribution in [0.15, 0.2) is 12.4 Å². The van der Waals surface area contributed by atoms with E-state index in [0.717, 1.165) is 18.8 Å². The van der Waals surface area contributed by atoms with Crippen LogP contribution >= 0.6 is 11.6 Å². The summed E-state index contributed by atoms with van der Waals surface area (Å²) in [6.07, 6.45) is 3.07. The third-order valence-corrected chi connectivity index (χ3v) is 1.66.